The summed E-state index contributed by atoms with van der Waals surface area (Å²) < 4.78 is 6.30. The maximum Gasteiger partial charge on any atom is 0.0701 e. The highest BCUT2D eigenvalue weighted by Gasteiger charge is 2.46. The Labute approximate surface area is 135 Å². The quantitative estimate of drug-likeness (QED) is 0.848. The average Bonchev–Trinajstić information content (AvgIpc) is 2.81. The van der Waals surface area contributed by atoms with E-state index in [1.807, 2.05) is 0 Å². The summed E-state index contributed by atoms with van der Waals surface area (Å²) >= 11 is 2.11. The Kier molecular flexibility index (Phi) is 4.93. The zero-order valence-electron chi connectivity index (χ0n) is 14.1. The molecule has 0 aromatic carbocycles. The predicted molar refractivity (Wildman–Crippen MR) is 91.9 cm³/mol. The van der Waals surface area contributed by atoms with Crippen molar-refractivity contribution in [1.82, 2.24) is 5.32 Å². The Hall–Kier alpha value is 0.270. The van der Waals surface area contributed by atoms with Gasteiger partial charge in [-0.2, -0.15) is 11.8 Å². The molecule has 3 atom stereocenters. The van der Waals surface area contributed by atoms with Gasteiger partial charge in [-0.15, -0.1) is 0 Å². The molecule has 21 heavy (non-hydrogen) atoms. The number of rotatable bonds is 3. The molecule has 2 saturated heterocycles. The van der Waals surface area contributed by atoms with Gasteiger partial charge in [0.2, 0.25) is 0 Å². The molecular weight excluding hydrogens is 278 g/mol. The number of hydrogen-bond donors (Lipinski definition) is 1. The third-order valence-corrected chi connectivity index (χ3v) is 7.54. The van der Waals surface area contributed by atoms with Gasteiger partial charge in [-0.05, 0) is 74.3 Å². The van der Waals surface area contributed by atoms with Gasteiger partial charge in [-0.25, -0.2) is 0 Å². The van der Waals surface area contributed by atoms with Crippen LogP contribution in [0.25, 0.3) is 0 Å². The lowest BCUT2D eigenvalue weighted by molar-refractivity contribution is -0.111. The van der Waals surface area contributed by atoms with Crippen LogP contribution in [0, 0.1) is 17.3 Å². The minimum Gasteiger partial charge on any atom is -0.375 e. The van der Waals surface area contributed by atoms with E-state index in [9.17, 15) is 0 Å². The van der Waals surface area contributed by atoms with Crippen molar-refractivity contribution in [3.63, 3.8) is 0 Å². The van der Waals surface area contributed by atoms with Crippen LogP contribution >= 0.6 is 11.8 Å². The van der Waals surface area contributed by atoms with Gasteiger partial charge in [0.15, 0.2) is 0 Å². The van der Waals surface area contributed by atoms with E-state index in [-0.39, 0.29) is 5.60 Å². The van der Waals surface area contributed by atoms with Gasteiger partial charge in [0.05, 0.1) is 5.60 Å². The lowest BCUT2D eigenvalue weighted by Gasteiger charge is -2.48. The lowest BCUT2D eigenvalue weighted by atomic mass is 9.69. The summed E-state index contributed by atoms with van der Waals surface area (Å²) in [6.45, 7) is 5.96. The second kappa shape index (κ2) is 6.41. The molecule has 3 heteroatoms. The fourth-order valence-electron chi connectivity index (χ4n) is 5.25. The van der Waals surface area contributed by atoms with E-state index < -0.39 is 0 Å². The largest absolute Gasteiger partial charge is 0.375 e. The molecule has 3 aliphatic rings. The number of hydrogen-bond acceptors (Lipinski definition) is 3. The van der Waals surface area contributed by atoms with E-state index in [0.29, 0.717) is 11.5 Å². The van der Waals surface area contributed by atoms with Crippen molar-refractivity contribution in [2.24, 2.45) is 17.3 Å². The van der Waals surface area contributed by atoms with E-state index in [1.54, 1.807) is 0 Å². The van der Waals surface area contributed by atoms with Crippen molar-refractivity contribution < 1.29 is 4.74 Å². The maximum absolute atomic E-state index is 6.30. The summed E-state index contributed by atoms with van der Waals surface area (Å²) in [4.78, 5) is 0. The van der Waals surface area contributed by atoms with E-state index >= 15 is 0 Å². The van der Waals surface area contributed by atoms with E-state index in [4.69, 9.17) is 4.74 Å². The zero-order chi connectivity index (χ0) is 14.9. The van der Waals surface area contributed by atoms with Crippen molar-refractivity contribution in [2.45, 2.75) is 70.4 Å². The molecule has 3 unspecified atom stereocenters. The molecule has 0 radical (unpaired) electrons. The van der Waals surface area contributed by atoms with Crippen LogP contribution in [0.1, 0.15) is 58.8 Å². The van der Waals surface area contributed by atoms with Gasteiger partial charge in [0, 0.05) is 12.6 Å². The van der Waals surface area contributed by atoms with Crippen molar-refractivity contribution in [1.29, 1.82) is 0 Å². The van der Waals surface area contributed by atoms with E-state index in [2.05, 4.69) is 38.0 Å². The lowest BCUT2D eigenvalue weighted by Crippen LogP contribution is -2.51. The monoisotopic (exact) mass is 311 g/mol. The molecule has 1 N–H and O–H groups in total. The average molecular weight is 312 g/mol. The molecule has 0 aromatic heterocycles. The van der Waals surface area contributed by atoms with Gasteiger partial charge in [-0.1, -0.05) is 20.3 Å². The summed E-state index contributed by atoms with van der Waals surface area (Å²) in [6, 6.07) is 0.692. The molecule has 3 fully saturated rings. The molecular formula is C18H33NOS. The van der Waals surface area contributed by atoms with Crippen LogP contribution in [0.5, 0.6) is 0 Å². The van der Waals surface area contributed by atoms with Crippen LogP contribution in [0.3, 0.4) is 0 Å². The normalized spacial score (nSPS) is 36.7. The fourth-order valence-corrected chi connectivity index (χ4v) is 6.49. The summed E-state index contributed by atoms with van der Waals surface area (Å²) in [5, 5.41) is 3.73. The molecule has 1 aliphatic carbocycles. The zero-order valence-corrected chi connectivity index (χ0v) is 14.9. The van der Waals surface area contributed by atoms with Gasteiger partial charge in [-0.3, -0.25) is 0 Å². The van der Waals surface area contributed by atoms with Crippen LogP contribution < -0.4 is 5.32 Å². The second-order valence-electron chi connectivity index (χ2n) is 8.20. The van der Waals surface area contributed by atoms with Gasteiger partial charge >= 0.3 is 0 Å². The van der Waals surface area contributed by atoms with Crippen molar-refractivity contribution in [3.8, 4) is 0 Å². The Morgan fingerprint density at radius 1 is 1.14 bits per heavy atom. The first kappa shape index (κ1) is 16.1. The standard InChI is InChI=1S/C18H33NOS/c1-17(2)7-4-5-15(17)16(19-3)14-6-10-20-18(13-14)8-11-21-12-9-18/h14-16,19H,4-13H2,1-3H3. The molecule has 122 valence electrons. The van der Waals surface area contributed by atoms with Crippen molar-refractivity contribution >= 4 is 11.8 Å². The molecule has 2 heterocycles. The summed E-state index contributed by atoms with van der Waals surface area (Å²) in [5.74, 6) is 4.26. The van der Waals surface area contributed by atoms with Crippen LogP contribution in [-0.4, -0.2) is 36.8 Å². The molecule has 0 amide bonds. The molecule has 3 rings (SSSR count). The smallest absolute Gasteiger partial charge is 0.0701 e. The first-order chi connectivity index (χ1) is 10.1. The Bertz CT molecular complexity index is 346. The Morgan fingerprint density at radius 3 is 2.52 bits per heavy atom. The van der Waals surface area contributed by atoms with Gasteiger partial charge in [0.25, 0.3) is 0 Å². The minimum absolute atomic E-state index is 0.228. The fraction of sp³-hybridized carbons (Fsp3) is 1.00. The maximum atomic E-state index is 6.30. The van der Waals surface area contributed by atoms with E-state index in [0.717, 1.165) is 18.4 Å². The first-order valence-electron chi connectivity index (χ1n) is 8.95. The third kappa shape index (κ3) is 3.30. The molecule has 1 spiro atoms. The molecule has 2 aliphatic heterocycles. The first-order valence-corrected chi connectivity index (χ1v) is 10.1. The van der Waals surface area contributed by atoms with Gasteiger partial charge in [0.1, 0.15) is 0 Å². The van der Waals surface area contributed by atoms with Crippen molar-refractivity contribution in [2.75, 3.05) is 25.2 Å². The second-order valence-corrected chi connectivity index (χ2v) is 9.42. The van der Waals surface area contributed by atoms with Crippen LogP contribution in [0.2, 0.25) is 0 Å². The van der Waals surface area contributed by atoms with E-state index in [1.165, 1.54) is 56.5 Å². The highest BCUT2D eigenvalue weighted by atomic mass is 32.2. The summed E-state index contributed by atoms with van der Waals surface area (Å²) in [7, 11) is 2.19. The number of ether oxygens (including phenoxy) is 1. The number of thioether (sulfide) groups is 1. The highest BCUT2D eigenvalue weighted by Crippen LogP contribution is 2.49. The van der Waals surface area contributed by atoms with Crippen LogP contribution in [0.15, 0.2) is 0 Å². The highest BCUT2D eigenvalue weighted by molar-refractivity contribution is 7.99. The molecule has 0 aromatic rings. The Morgan fingerprint density at radius 2 is 1.90 bits per heavy atom. The minimum atomic E-state index is 0.228. The molecule has 2 nitrogen and oxygen atoms in total. The predicted octanol–water partition coefficient (Wildman–Crippen LogP) is 4.09. The Balaban J connectivity index is 1.71. The molecule has 1 saturated carbocycles. The number of nitrogens with one attached hydrogen (secondary N) is 1. The SMILES string of the molecule is CNC(C1CCOC2(CCSCC2)C1)C1CCCC1(C)C. The summed E-state index contributed by atoms with van der Waals surface area (Å²) in [5.41, 5.74) is 0.744. The van der Waals surface area contributed by atoms with Crippen LogP contribution in [0.4, 0.5) is 0 Å². The third-order valence-electron chi connectivity index (χ3n) is 6.55. The van der Waals surface area contributed by atoms with Crippen LogP contribution in [-0.2, 0) is 4.74 Å². The van der Waals surface area contributed by atoms with Crippen molar-refractivity contribution in [3.05, 3.63) is 0 Å². The summed E-state index contributed by atoms with van der Waals surface area (Å²) in [6.07, 6.45) is 9.34. The topological polar surface area (TPSA) is 21.3 Å². The van der Waals surface area contributed by atoms with Gasteiger partial charge < -0.3 is 10.1 Å². The molecule has 0 bridgehead atoms.